The molecule has 2 aromatic carbocycles. The van der Waals surface area contributed by atoms with Crippen molar-refractivity contribution in [3.05, 3.63) is 71.2 Å². The summed E-state index contributed by atoms with van der Waals surface area (Å²) >= 11 is 0. The molecule has 1 fully saturated rings. The average Bonchev–Trinajstić information content (AvgIpc) is 3.55. The van der Waals surface area contributed by atoms with Gasteiger partial charge >= 0.3 is 6.18 Å². The number of halogens is 3. The molecule has 0 bridgehead atoms. The van der Waals surface area contributed by atoms with Crippen LogP contribution in [-0.2, 0) is 12.7 Å². The molecule has 1 aliphatic carbocycles. The number of anilines is 3. The maximum Gasteiger partial charge on any atom is 0.416 e. The van der Waals surface area contributed by atoms with Crippen LogP contribution in [0, 0.1) is 5.41 Å². The highest BCUT2D eigenvalue weighted by molar-refractivity contribution is 5.90. The molecule has 1 aliphatic heterocycles. The van der Waals surface area contributed by atoms with Gasteiger partial charge in [0.05, 0.1) is 18.2 Å². The standard InChI is InChI=1S/C24H22F3N7.C2H6/c25-24(26,27)15-11-9-14(10-12-15)13-33-21(29-16-5-2-1-3-6-16)19-20(28)31-23-30-17-7-4-8-18(17)34(23)22(19)32-33;1-2/h1-3,5-6,9-12,17-18,29H,4,7-8,13H2,(H2,28,30,31);1-2H3. The van der Waals surface area contributed by atoms with Gasteiger partial charge in [-0.05, 0) is 49.1 Å². The zero-order valence-electron chi connectivity index (χ0n) is 20.1. The Balaban J connectivity index is 0.00000130. The second-order valence-electron chi connectivity index (χ2n) is 8.79. The highest BCUT2D eigenvalue weighted by Crippen LogP contribution is 2.41. The normalized spacial score (nSPS) is 18.2. The minimum absolute atomic E-state index is 0.103. The molecule has 0 saturated heterocycles. The van der Waals surface area contributed by atoms with Crippen molar-refractivity contribution in [1.82, 2.24) is 19.3 Å². The Labute approximate surface area is 206 Å². The molecule has 36 heavy (non-hydrogen) atoms. The number of aromatic nitrogens is 4. The van der Waals surface area contributed by atoms with Crippen molar-refractivity contribution in [2.24, 2.45) is 0 Å². The SMILES string of the molecule is CC.N=c1nc2n(c3nn(Cc4ccc(C(F)(F)F)cc4)c(Nc4ccccc4)c13)C1CCCC1N2. The topological polar surface area (TPSA) is 83.5 Å². The number of para-hydroxylation sites is 1. The Kier molecular flexibility index (Phi) is 6.19. The number of benzene rings is 2. The van der Waals surface area contributed by atoms with Crippen molar-refractivity contribution in [1.29, 1.82) is 5.41 Å². The molecule has 1 saturated carbocycles. The molecule has 3 N–H and O–H groups in total. The quantitative estimate of drug-likeness (QED) is 0.321. The third kappa shape index (κ3) is 4.20. The van der Waals surface area contributed by atoms with Crippen molar-refractivity contribution in [2.45, 2.75) is 57.9 Å². The van der Waals surface area contributed by atoms with Gasteiger partial charge < -0.3 is 10.6 Å². The van der Waals surface area contributed by atoms with Crippen LogP contribution in [-0.4, -0.2) is 25.4 Å². The van der Waals surface area contributed by atoms with E-state index in [-0.39, 0.29) is 24.1 Å². The maximum absolute atomic E-state index is 13.0. The number of rotatable bonds is 4. The van der Waals surface area contributed by atoms with Crippen LogP contribution in [0.2, 0.25) is 0 Å². The Morgan fingerprint density at radius 1 is 1.06 bits per heavy atom. The third-order valence-electron chi connectivity index (χ3n) is 6.62. The predicted octanol–water partition coefficient (Wildman–Crippen LogP) is 6.07. The lowest BCUT2D eigenvalue weighted by Crippen LogP contribution is -2.15. The number of nitrogens with zero attached hydrogens (tertiary/aromatic N) is 4. The monoisotopic (exact) mass is 495 g/mol. The van der Waals surface area contributed by atoms with Gasteiger partial charge in [0.1, 0.15) is 11.2 Å². The molecule has 188 valence electrons. The van der Waals surface area contributed by atoms with Crippen LogP contribution in [0.15, 0.2) is 54.6 Å². The van der Waals surface area contributed by atoms with Gasteiger partial charge in [0.2, 0.25) is 5.95 Å². The minimum atomic E-state index is -4.38. The lowest BCUT2D eigenvalue weighted by molar-refractivity contribution is -0.137. The zero-order chi connectivity index (χ0) is 25.4. The molecule has 0 amide bonds. The molecular weight excluding hydrogens is 467 g/mol. The number of nitrogens with one attached hydrogen (secondary N) is 3. The number of hydrogen-bond acceptors (Lipinski definition) is 5. The summed E-state index contributed by atoms with van der Waals surface area (Å²) in [7, 11) is 0. The largest absolute Gasteiger partial charge is 0.416 e. The van der Waals surface area contributed by atoms with E-state index < -0.39 is 11.7 Å². The first-order valence-electron chi connectivity index (χ1n) is 12.2. The Morgan fingerprint density at radius 2 is 1.78 bits per heavy atom. The first kappa shape index (κ1) is 23.9. The van der Waals surface area contributed by atoms with E-state index in [0.717, 1.165) is 37.1 Å². The van der Waals surface area contributed by atoms with Crippen LogP contribution < -0.4 is 16.1 Å². The van der Waals surface area contributed by atoms with Gasteiger partial charge in [0, 0.05) is 11.7 Å². The molecule has 2 aromatic heterocycles. The number of hydrogen-bond donors (Lipinski definition) is 3. The summed E-state index contributed by atoms with van der Waals surface area (Å²) in [6, 6.07) is 15.1. The van der Waals surface area contributed by atoms with Crippen LogP contribution in [0.4, 0.5) is 30.6 Å². The number of fused-ring (bicyclic) bond motifs is 5. The zero-order valence-corrected chi connectivity index (χ0v) is 20.1. The van der Waals surface area contributed by atoms with Gasteiger partial charge in [-0.3, -0.25) is 9.98 Å². The summed E-state index contributed by atoms with van der Waals surface area (Å²) in [6.07, 6.45) is -1.21. The highest BCUT2D eigenvalue weighted by Gasteiger charge is 2.38. The van der Waals surface area contributed by atoms with Crippen molar-refractivity contribution in [3.8, 4) is 0 Å². The van der Waals surface area contributed by atoms with Crippen molar-refractivity contribution >= 4 is 28.5 Å². The Morgan fingerprint density at radius 3 is 2.47 bits per heavy atom. The van der Waals surface area contributed by atoms with Crippen molar-refractivity contribution in [3.63, 3.8) is 0 Å². The first-order chi connectivity index (χ1) is 17.4. The third-order valence-corrected chi connectivity index (χ3v) is 6.62. The number of alkyl halides is 3. The van der Waals surface area contributed by atoms with Gasteiger partial charge in [0.25, 0.3) is 0 Å². The lowest BCUT2D eigenvalue weighted by atomic mass is 10.1. The van der Waals surface area contributed by atoms with E-state index in [9.17, 15) is 13.2 Å². The average molecular weight is 496 g/mol. The van der Waals surface area contributed by atoms with Crippen LogP contribution in [0.25, 0.3) is 11.0 Å². The molecule has 0 radical (unpaired) electrons. The second kappa shape index (κ2) is 9.33. The molecule has 2 aliphatic rings. The molecule has 7 nitrogen and oxygen atoms in total. The fourth-order valence-electron chi connectivity index (χ4n) is 5.02. The summed E-state index contributed by atoms with van der Waals surface area (Å²) < 4.78 is 42.8. The molecule has 2 atom stereocenters. The highest BCUT2D eigenvalue weighted by atomic mass is 19.4. The van der Waals surface area contributed by atoms with Gasteiger partial charge in [-0.2, -0.15) is 23.3 Å². The molecule has 2 unspecified atom stereocenters. The summed E-state index contributed by atoms with van der Waals surface area (Å²) in [4.78, 5) is 4.53. The van der Waals surface area contributed by atoms with E-state index in [4.69, 9.17) is 10.5 Å². The molecule has 4 aromatic rings. The van der Waals surface area contributed by atoms with Crippen LogP contribution >= 0.6 is 0 Å². The second-order valence-corrected chi connectivity index (χ2v) is 8.79. The van der Waals surface area contributed by atoms with E-state index in [1.54, 1.807) is 4.68 Å². The molecular formula is C26H28F3N7. The van der Waals surface area contributed by atoms with Gasteiger partial charge in [0.15, 0.2) is 11.1 Å². The van der Waals surface area contributed by atoms with Crippen LogP contribution in [0.3, 0.4) is 0 Å². The smallest absolute Gasteiger partial charge is 0.351 e. The van der Waals surface area contributed by atoms with E-state index in [2.05, 4.69) is 20.2 Å². The van der Waals surface area contributed by atoms with Crippen LogP contribution in [0.5, 0.6) is 0 Å². The van der Waals surface area contributed by atoms with E-state index in [1.807, 2.05) is 44.2 Å². The van der Waals surface area contributed by atoms with E-state index >= 15 is 0 Å². The lowest BCUT2D eigenvalue weighted by Gasteiger charge is -2.12. The molecule has 6 rings (SSSR count). The van der Waals surface area contributed by atoms with Crippen molar-refractivity contribution < 1.29 is 13.2 Å². The van der Waals surface area contributed by atoms with Gasteiger partial charge in [-0.1, -0.05) is 44.2 Å². The minimum Gasteiger partial charge on any atom is -0.351 e. The molecule has 0 spiro atoms. The molecule has 10 heteroatoms. The summed E-state index contributed by atoms with van der Waals surface area (Å²) in [5.74, 6) is 1.24. The van der Waals surface area contributed by atoms with Gasteiger partial charge in [-0.15, -0.1) is 0 Å². The summed E-state index contributed by atoms with van der Waals surface area (Å²) in [6.45, 7) is 4.25. The Bertz CT molecular complexity index is 1420. The van der Waals surface area contributed by atoms with Gasteiger partial charge in [-0.25, -0.2) is 4.68 Å². The van der Waals surface area contributed by atoms with E-state index in [0.29, 0.717) is 28.4 Å². The fraction of sp³-hybridized carbons (Fsp3) is 0.346. The summed E-state index contributed by atoms with van der Waals surface area (Å²) in [5.41, 5.74) is 1.57. The Hall–Kier alpha value is -3.82. The van der Waals surface area contributed by atoms with E-state index in [1.165, 1.54) is 12.1 Å². The summed E-state index contributed by atoms with van der Waals surface area (Å²) in [5, 5.41) is 20.9. The first-order valence-corrected chi connectivity index (χ1v) is 12.2. The van der Waals surface area contributed by atoms with Crippen LogP contribution in [0.1, 0.15) is 50.3 Å². The maximum atomic E-state index is 13.0. The fourth-order valence-corrected chi connectivity index (χ4v) is 5.02. The molecule has 3 heterocycles. The predicted molar refractivity (Wildman–Crippen MR) is 133 cm³/mol. The van der Waals surface area contributed by atoms with Crippen molar-refractivity contribution in [2.75, 3.05) is 10.6 Å².